The van der Waals surface area contributed by atoms with Crippen molar-refractivity contribution in [3.8, 4) is 0 Å². The number of hydrogen-bond acceptors (Lipinski definition) is 4. The van der Waals surface area contributed by atoms with Crippen molar-refractivity contribution in [1.29, 1.82) is 0 Å². The highest BCUT2D eigenvalue weighted by atomic mass is 16.4. The fraction of sp³-hybridized carbons (Fsp3) is 0.933. The van der Waals surface area contributed by atoms with Crippen LogP contribution in [0.2, 0.25) is 0 Å². The normalized spacial score (nSPS) is 19.3. The van der Waals surface area contributed by atoms with Gasteiger partial charge in [0.1, 0.15) is 5.84 Å². The maximum Gasteiger partial charge on any atom is 0.139 e. The Bertz CT molecular complexity index is 298. The van der Waals surface area contributed by atoms with Gasteiger partial charge < -0.3 is 21.2 Å². The van der Waals surface area contributed by atoms with E-state index < -0.39 is 0 Å². The molecule has 1 fully saturated rings. The van der Waals surface area contributed by atoms with Crippen LogP contribution in [0.25, 0.3) is 0 Å². The van der Waals surface area contributed by atoms with Crippen molar-refractivity contribution < 1.29 is 5.21 Å². The second kappa shape index (κ2) is 8.47. The van der Waals surface area contributed by atoms with E-state index in [0.29, 0.717) is 18.3 Å². The predicted molar refractivity (Wildman–Crippen MR) is 84.2 cm³/mol. The molecule has 0 radical (unpaired) electrons. The molecule has 1 atom stereocenters. The highest BCUT2D eigenvalue weighted by Gasteiger charge is 2.43. The minimum absolute atomic E-state index is 0.253. The molecule has 1 aliphatic rings. The van der Waals surface area contributed by atoms with Gasteiger partial charge in [-0.25, -0.2) is 0 Å². The molecule has 0 aromatic carbocycles. The van der Waals surface area contributed by atoms with E-state index in [1.54, 1.807) is 0 Å². The highest BCUT2D eigenvalue weighted by molar-refractivity contribution is 5.80. The minimum Gasteiger partial charge on any atom is -0.409 e. The predicted octanol–water partition coefficient (Wildman–Crippen LogP) is 2.00. The van der Waals surface area contributed by atoms with E-state index in [1.165, 1.54) is 32.2 Å². The van der Waals surface area contributed by atoms with E-state index in [4.69, 9.17) is 10.9 Å². The summed E-state index contributed by atoms with van der Waals surface area (Å²) in [5, 5.41) is 15.4. The standard InChI is InChI=1S/C15H32N4O/c1-4-19(5-2)10-6-7-13(3)17-12-15(8-9-15)11-14(16)18-20/h13,17,20H,4-12H2,1-3H3,(H2,16,18). The molecule has 5 heteroatoms. The average Bonchev–Trinajstić information content (AvgIpc) is 3.21. The van der Waals surface area contributed by atoms with Crippen LogP contribution in [0.3, 0.4) is 0 Å². The molecular weight excluding hydrogens is 252 g/mol. The first kappa shape index (κ1) is 17.2. The van der Waals surface area contributed by atoms with Crippen LogP contribution < -0.4 is 11.1 Å². The third-order valence-electron chi connectivity index (χ3n) is 4.47. The molecule has 0 amide bonds. The van der Waals surface area contributed by atoms with Crippen LogP contribution in [0.4, 0.5) is 0 Å². The fourth-order valence-corrected chi connectivity index (χ4v) is 2.67. The summed E-state index contributed by atoms with van der Waals surface area (Å²) in [5.41, 5.74) is 5.87. The summed E-state index contributed by atoms with van der Waals surface area (Å²) >= 11 is 0. The number of nitrogens with two attached hydrogens (primary N) is 1. The van der Waals surface area contributed by atoms with Crippen LogP contribution in [0.1, 0.15) is 52.9 Å². The van der Waals surface area contributed by atoms with Crippen molar-refractivity contribution >= 4 is 5.84 Å². The Balaban J connectivity index is 2.15. The summed E-state index contributed by atoms with van der Waals surface area (Å²) in [6.07, 6.45) is 5.52. The molecule has 0 aliphatic heterocycles. The summed E-state index contributed by atoms with van der Waals surface area (Å²) in [6, 6.07) is 0.537. The lowest BCUT2D eigenvalue weighted by molar-refractivity contribution is 0.288. The Morgan fingerprint density at radius 2 is 2.05 bits per heavy atom. The number of amidine groups is 1. The topological polar surface area (TPSA) is 73.9 Å². The van der Waals surface area contributed by atoms with Gasteiger partial charge in [0.05, 0.1) is 0 Å². The summed E-state index contributed by atoms with van der Waals surface area (Å²) in [5.74, 6) is 0.360. The summed E-state index contributed by atoms with van der Waals surface area (Å²) in [6.45, 7) is 11.1. The van der Waals surface area contributed by atoms with Crippen LogP contribution in [-0.4, -0.2) is 48.2 Å². The molecule has 0 spiro atoms. The lowest BCUT2D eigenvalue weighted by Gasteiger charge is -2.22. The molecule has 1 unspecified atom stereocenters. The first-order chi connectivity index (χ1) is 9.55. The van der Waals surface area contributed by atoms with Gasteiger partial charge in [0.2, 0.25) is 0 Å². The fourth-order valence-electron chi connectivity index (χ4n) is 2.67. The van der Waals surface area contributed by atoms with Crippen molar-refractivity contribution in [3.63, 3.8) is 0 Å². The SMILES string of the molecule is CCN(CC)CCCC(C)NCC1(CC(N)=NO)CC1. The van der Waals surface area contributed by atoms with Crippen LogP contribution in [0.15, 0.2) is 5.16 Å². The third-order valence-corrected chi connectivity index (χ3v) is 4.47. The third kappa shape index (κ3) is 6.09. The van der Waals surface area contributed by atoms with Crippen LogP contribution in [0.5, 0.6) is 0 Å². The Morgan fingerprint density at radius 3 is 2.55 bits per heavy atom. The van der Waals surface area contributed by atoms with E-state index in [0.717, 1.165) is 19.6 Å². The van der Waals surface area contributed by atoms with Crippen molar-refractivity contribution in [1.82, 2.24) is 10.2 Å². The van der Waals surface area contributed by atoms with Crippen LogP contribution in [-0.2, 0) is 0 Å². The van der Waals surface area contributed by atoms with E-state index in [2.05, 4.69) is 36.1 Å². The van der Waals surface area contributed by atoms with Crippen molar-refractivity contribution in [2.75, 3.05) is 26.2 Å². The van der Waals surface area contributed by atoms with Gasteiger partial charge in [-0.15, -0.1) is 0 Å². The molecule has 1 rings (SSSR count). The zero-order valence-electron chi connectivity index (χ0n) is 13.4. The summed E-state index contributed by atoms with van der Waals surface area (Å²) in [7, 11) is 0. The van der Waals surface area contributed by atoms with E-state index in [-0.39, 0.29) is 5.41 Å². The monoisotopic (exact) mass is 284 g/mol. The molecule has 20 heavy (non-hydrogen) atoms. The van der Waals surface area contributed by atoms with E-state index in [1.807, 2.05) is 0 Å². The smallest absolute Gasteiger partial charge is 0.139 e. The lowest BCUT2D eigenvalue weighted by Crippen LogP contribution is -2.34. The highest BCUT2D eigenvalue weighted by Crippen LogP contribution is 2.48. The summed E-state index contributed by atoms with van der Waals surface area (Å²) in [4.78, 5) is 2.47. The molecule has 4 N–H and O–H groups in total. The Labute approximate surface area is 123 Å². The molecule has 1 saturated carbocycles. The Morgan fingerprint density at radius 1 is 1.40 bits per heavy atom. The summed E-state index contributed by atoms with van der Waals surface area (Å²) < 4.78 is 0. The average molecular weight is 284 g/mol. The van der Waals surface area contributed by atoms with Gasteiger partial charge in [-0.2, -0.15) is 0 Å². The lowest BCUT2D eigenvalue weighted by atomic mass is 10.0. The molecule has 0 saturated heterocycles. The Hall–Kier alpha value is -0.810. The van der Waals surface area contributed by atoms with Gasteiger partial charge in [0.25, 0.3) is 0 Å². The van der Waals surface area contributed by atoms with Gasteiger partial charge >= 0.3 is 0 Å². The largest absolute Gasteiger partial charge is 0.409 e. The zero-order valence-corrected chi connectivity index (χ0v) is 13.4. The molecule has 1 aliphatic carbocycles. The Kier molecular flexibility index (Phi) is 7.30. The van der Waals surface area contributed by atoms with Gasteiger partial charge in [0, 0.05) is 19.0 Å². The maximum absolute atomic E-state index is 8.66. The molecule has 0 aromatic heterocycles. The van der Waals surface area contributed by atoms with Gasteiger partial charge in [-0.05, 0) is 57.7 Å². The molecular formula is C15H32N4O. The molecule has 5 nitrogen and oxygen atoms in total. The second-order valence-corrected chi connectivity index (χ2v) is 6.22. The van der Waals surface area contributed by atoms with Crippen molar-refractivity contribution in [3.05, 3.63) is 0 Å². The zero-order chi connectivity index (χ0) is 15.0. The molecule has 0 aromatic rings. The maximum atomic E-state index is 8.66. The van der Waals surface area contributed by atoms with Crippen LogP contribution >= 0.6 is 0 Å². The second-order valence-electron chi connectivity index (χ2n) is 6.22. The van der Waals surface area contributed by atoms with Gasteiger partial charge in [-0.3, -0.25) is 0 Å². The van der Waals surface area contributed by atoms with Gasteiger partial charge in [-0.1, -0.05) is 19.0 Å². The first-order valence-electron chi connectivity index (χ1n) is 7.97. The number of nitrogens with zero attached hydrogens (tertiary/aromatic N) is 2. The number of nitrogens with one attached hydrogen (secondary N) is 1. The van der Waals surface area contributed by atoms with Gasteiger partial charge in [0.15, 0.2) is 0 Å². The number of hydrogen-bond donors (Lipinski definition) is 3. The van der Waals surface area contributed by atoms with E-state index >= 15 is 0 Å². The first-order valence-corrected chi connectivity index (χ1v) is 7.97. The number of oxime groups is 1. The van der Waals surface area contributed by atoms with Crippen LogP contribution in [0, 0.1) is 5.41 Å². The van der Waals surface area contributed by atoms with Crippen molar-refractivity contribution in [2.45, 2.75) is 58.9 Å². The molecule has 118 valence electrons. The number of rotatable bonds is 11. The van der Waals surface area contributed by atoms with Crippen molar-refractivity contribution in [2.24, 2.45) is 16.3 Å². The molecule has 0 heterocycles. The quantitative estimate of drug-likeness (QED) is 0.235. The van der Waals surface area contributed by atoms with E-state index in [9.17, 15) is 0 Å². The molecule has 0 bridgehead atoms. The minimum atomic E-state index is 0.253.